The summed E-state index contributed by atoms with van der Waals surface area (Å²) in [6, 6.07) is 18.0. The lowest BCUT2D eigenvalue weighted by atomic mass is 10.1. The third-order valence-electron chi connectivity index (χ3n) is 3.79. The molecule has 4 rings (SSSR count). The molecular weight excluding hydrogens is 276 g/mol. The lowest BCUT2D eigenvalue weighted by Crippen LogP contribution is -2.21. The van der Waals surface area contributed by atoms with Crippen LogP contribution < -0.4 is 10.2 Å². The highest BCUT2D eigenvalue weighted by Gasteiger charge is 2.19. The molecule has 1 aliphatic rings. The fraction of sp³-hybridized carbons (Fsp3) is 0.176. The molecule has 0 atom stereocenters. The topological polar surface area (TPSA) is 54.2 Å². The van der Waals surface area contributed by atoms with Crippen LogP contribution in [0.2, 0.25) is 0 Å². The van der Waals surface area contributed by atoms with Gasteiger partial charge in [0.05, 0.1) is 17.9 Å². The van der Waals surface area contributed by atoms with Gasteiger partial charge >= 0.3 is 0 Å². The Balaban J connectivity index is 1.72. The summed E-state index contributed by atoms with van der Waals surface area (Å²) in [5, 5.41) is 7.45. The van der Waals surface area contributed by atoms with Crippen LogP contribution in [0, 0.1) is 0 Å². The maximum Gasteiger partial charge on any atom is 0.260 e. The molecule has 1 fully saturated rings. The third-order valence-corrected chi connectivity index (χ3v) is 3.79. The Labute approximate surface area is 128 Å². The van der Waals surface area contributed by atoms with E-state index in [2.05, 4.69) is 26.4 Å². The average molecular weight is 292 g/mol. The van der Waals surface area contributed by atoms with Gasteiger partial charge in [-0.2, -0.15) is 4.98 Å². The van der Waals surface area contributed by atoms with Crippen LogP contribution in [-0.2, 0) is 0 Å². The zero-order valence-corrected chi connectivity index (χ0v) is 12.1. The van der Waals surface area contributed by atoms with Crippen molar-refractivity contribution < 1.29 is 4.52 Å². The Kier molecular flexibility index (Phi) is 3.33. The van der Waals surface area contributed by atoms with Crippen LogP contribution in [0.3, 0.4) is 0 Å². The second kappa shape index (κ2) is 5.61. The molecule has 2 aromatic carbocycles. The van der Waals surface area contributed by atoms with Gasteiger partial charge in [-0.05, 0) is 12.1 Å². The van der Waals surface area contributed by atoms with Crippen molar-refractivity contribution in [2.75, 3.05) is 24.7 Å². The molecule has 0 amide bonds. The fourth-order valence-electron chi connectivity index (χ4n) is 2.68. The number of hydrogen-bond acceptors (Lipinski definition) is 5. The van der Waals surface area contributed by atoms with Gasteiger partial charge in [-0.3, -0.25) is 5.32 Å². The number of aromatic nitrogens is 2. The summed E-state index contributed by atoms with van der Waals surface area (Å²) in [6.07, 6.45) is 0. The van der Waals surface area contributed by atoms with Crippen LogP contribution in [-0.4, -0.2) is 29.9 Å². The maximum absolute atomic E-state index is 5.50. The quantitative estimate of drug-likeness (QED) is 0.804. The van der Waals surface area contributed by atoms with Crippen molar-refractivity contribution in [3.05, 3.63) is 54.6 Å². The number of para-hydroxylation sites is 1. The molecule has 22 heavy (non-hydrogen) atoms. The van der Waals surface area contributed by atoms with Gasteiger partial charge in [-0.1, -0.05) is 47.6 Å². The van der Waals surface area contributed by atoms with Crippen molar-refractivity contribution in [2.45, 2.75) is 0 Å². The zero-order chi connectivity index (χ0) is 14.8. The minimum Gasteiger partial charge on any atom is -0.357 e. The van der Waals surface area contributed by atoms with E-state index in [-0.39, 0.29) is 0 Å². The Morgan fingerprint density at radius 1 is 1.00 bits per heavy atom. The Morgan fingerprint density at radius 3 is 2.64 bits per heavy atom. The second-order valence-corrected chi connectivity index (χ2v) is 5.23. The number of benzene rings is 2. The Morgan fingerprint density at radius 2 is 1.82 bits per heavy atom. The first kappa shape index (κ1) is 13.0. The number of anilines is 1. The van der Waals surface area contributed by atoms with E-state index in [4.69, 9.17) is 4.52 Å². The van der Waals surface area contributed by atoms with E-state index in [1.54, 1.807) is 0 Å². The summed E-state index contributed by atoms with van der Waals surface area (Å²) in [5.74, 6) is 1.17. The van der Waals surface area contributed by atoms with Gasteiger partial charge < -0.3 is 9.42 Å². The Hall–Kier alpha value is -2.66. The zero-order valence-electron chi connectivity index (χ0n) is 12.1. The summed E-state index contributed by atoms with van der Waals surface area (Å²) < 4.78 is 5.50. The first-order chi connectivity index (χ1) is 10.9. The van der Waals surface area contributed by atoms with Crippen molar-refractivity contribution in [3.8, 4) is 22.8 Å². The largest absolute Gasteiger partial charge is 0.357 e. The molecule has 0 unspecified atom stereocenters. The fourth-order valence-corrected chi connectivity index (χ4v) is 2.68. The minimum atomic E-state index is 0.557. The van der Waals surface area contributed by atoms with Gasteiger partial charge in [-0.15, -0.1) is 0 Å². The standard InChI is InChI=1S/C17H16N4O/c1-2-6-13(7-3-1)16-19-17(22-20-16)14-8-4-5-9-15(14)21-11-10-18-12-21/h1-9,18H,10-12H2. The molecule has 0 spiro atoms. The monoisotopic (exact) mass is 292 g/mol. The van der Waals surface area contributed by atoms with Crippen LogP contribution >= 0.6 is 0 Å². The van der Waals surface area contributed by atoms with Gasteiger partial charge in [0.15, 0.2) is 0 Å². The highest BCUT2D eigenvalue weighted by molar-refractivity contribution is 5.74. The normalized spacial score (nSPS) is 14.5. The molecule has 1 N–H and O–H groups in total. The lowest BCUT2D eigenvalue weighted by molar-refractivity contribution is 0.432. The van der Waals surface area contributed by atoms with Crippen LogP contribution in [0.15, 0.2) is 59.1 Å². The molecule has 1 aromatic heterocycles. The molecule has 1 saturated heterocycles. The third kappa shape index (κ3) is 2.35. The number of nitrogens with one attached hydrogen (secondary N) is 1. The molecule has 5 heteroatoms. The molecule has 0 saturated carbocycles. The summed E-state index contributed by atoms with van der Waals surface area (Å²) in [6.45, 7) is 2.82. The van der Waals surface area contributed by atoms with Gasteiger partial charge in [0.25, 0.3) is 5.89 Å². The molecule has 0 aliphatic carbocycles. The molecule has 2 heterocycles. The number of nitrogens with zero attached hydrogens (tertiary/aromatic N) is 3. The van der Waals surface area contributed by atoms with Crippen molar-refractivity contribution in [2.24, 2.45) is 0 Å². The van der Waals surface area contributed by atoms with E-state index >= 15 is 0 Å². The highest BCUT2D eigenvalue weighted by Crippen LogP contribution is 2.31. The molecule has 0 bridgehead atoms. The molecule has 3 aromatic rings. The smallest absolute Gasteiger partial charge is 0.260 e. The van der Waals surface area contributed by atoms with Crippen LogP contribution in [0.25, 0.3) is 22.8 Å². The average Bonchev–Trinajstić information content (AvgIpc) is 3.28. The Bertz CT molecular complexity index is 763. The molecular formula is C17H16N4O. The SMILES string of the molecule is c1ccc(-c2noc(-c3ccccc3N3CCNC3)n2)cc1. The summed E-state index contributed by atoms with van der Waals surface area (Å²) in [5.41, 5.74) is 3.05. The molecule has 110 valence electrons. The predicted molar refractivity (Wildman–Crippen MR) is 85.4 cm³/mol. The molecule has 5 nitrogen and oxygen atoms in total. The van der Waals surface area contributed by atoms with Crippen molar-refractivity contribution in [1.82, 2.24) is 15.5 Å². The highest BCUT2D eigenvalue weighted by atomic mass is 16.5. The van der Waals surface area contributed by atoms with E-state index in [0.717, 1.165) is 36.6 Å². The van der Waals surface area contributed by atoms with Gasteiger partial charge in [-0.25, -0.2) is 0 Å². The minimum absolute atomic E-state index is 0.557. The summed E-state index contributed by atoms with van der Waals surface area (Å²) in [4.78, 5) is 6.84. The van der Waals surface area contributed by atoms with Crippen molar-refractivity contribution >= 4 is 5.69 Å². The van der Waals surface area contributed by atoms with E-state index in [9.17, 15) is 0 Å². The van der Waals surface area contributed by atoms with Crippen LogP contribution in [0.1, 0.15) is 0 Å². The maximum atomic E-state index is 5.50. The predicted octanol–water partition coefficient (Wildman–Crippen LogP) is 2.77. The van der Waals surface area contributed by atoms with E-state index < -0.39 is 0 Å². The summed E-state index contributed by atoms with van der Waals surface area (Å²) in [7, 11) is 0. The second-order valence-electron chi connectivity index (χ2n) is 5.23. The van der Waals surface area contributed by atoms with E-state index in [1.165, 1.54) is 0 Å². The molecule has 1 aliphatic heterocycles. The first-order valence-electron chi connectivity index (χ1n) is 7.36. The molecule has 0 radical (unpaired) electrons. The van der Waals surface area contributed by atoms with Crippen LogP contribution in [0.4, 0.5) is 5.69 Å². The van der Waals surface area contributed by atoms with Gasteiger partial charge in [0.1, 0.15) is 0 Å². The van der Waals surface area contributed by atoms with Gasteiger partial charge in [0.2, 0.25) is 5.82 Å². The summed E-state index contributed by atoms with van der Waals surface area (Å²) >= 11 is 0. The number of hydrogen-bond donors (Lipinski definition) is 1. The van der Waals surface area contributed by atoms with Crippen LogP contribution in [0.5, 0.6) is 0 Å². The van der Waals surface area contributed by atoms with E-state index in [0.29, 0.717) is 11.7 Å². The lowest BCUT2D eigenvalue weighted by Gasteiger charge is -2.18. The van der Waals surface area contributed by atoms with Crippen molar-refractivity contribution in [1.29, 1.82) is 0 Å². The van der Waals surface area contributed by atoms with E-state index in [1.807, 2.05) is 48.5 Å². The number of rotatable bonds is 3. The van der Waals surface area contributed by atoms with Gasteiger partial charge in [0, 0.05) is 18.7 Å². The van der Waals surface area contributed by atoms with Crippen molar-refractivity contribution in [3.63, 3.8) is 0 Å². The first-order valence-corrected chi connectivity index (χ1v) is 7.36.